The van der Waals surface area contributed by atoms with Gasteiger partial charge in [-0.25, -0.2) is 4.98 Å². The summed E-state index contributed by atoms with van der Waals surface area (Å²) >= 11 is 5.11. The average Bonchev–Trinajstić information content (AvgIpc) is 2.53. The lowest BCUT2D eigenvalue weighted by molar-refractivity contribution is -0.132. The van der Waals surface area contributed by atoms with Gasteiger partial charge in [0.2, 0.25) is 5.91 Å². The molecule has 116 valence electrons. The molecule has 0 saturated carbocycles. The molecule has 1 amide bonds. The number of aromatic nitrogens is 1. The van der Waals surface area contributed by atoms with E-state index in [0.717, 1.165) is 35.6 Å². The highest BCUT2D eigenvalue weighted by Gasteiger charge is 2.25. The number of rotatable bonds is 5. The van der Waals surface area contributed by atoms with Gasteiger partial charge in [0.1, 0.15) is 5.82 Å². The fraction of sp³-hybridized carbons (Fsp3) is 0.571. The molecule has 0 spiro atoms. The number of hydrogen-bond acceptors (Lipinski definition) is 5. The number of hydrogen-bond donors (Lipinski definition) is 1. The van der Waals surface area contributed by atoms with E-state index in [1.165, 1.54) is 0 Å². The van der Waals surface area contributed by atoms with Crippen LogP contribution < -0.4 is 10.6 Å². The van der Waals surface area contributed by atoms with Crippen molar-refractivity contribution in [2.45, 2.75) is 12.5 Å². The van der Waals surface area contributed by atoms with Crippen LogP contribution in [0.15, 0.2) is 22.8 Å². The summed E-state index contributed by atoms with van der Waals surface area (Å²) in [6, 6.07) is 3.61. The van der Waals surface area contributed by atoms with Gasteiger partial charge < -0.3 is 15.5 Å². The lowest BCUT2D eigenvalue weighted by Gasteiger charge is -2.36. The minimum absolute atomic E-state index is 0.0764. The van der Waals surface area contributed by atoms with Gasteiger partial charge in [-0.2, -0.15) is 11.8 Å². The molecule has 5 nitrogen and oxygen atoms in total. The number of anilines is 1. The molecule has 1 atom stereocenters. The van der Waals surface area contributed by atoms with Gasteiger partial charge in [0, 0.05) is 36.8 Å². The summed E-state index contributed by atoms with van der Waals surface area (Å²) in [7, 11) is 0. The van der Waals surface area contributed by atoms with E-state index in [9.17, 15) is 4.79 Å². The highest BCUT2D eigenvalue weighted by atomic mass is 79.9. The Balaban J connectivity index is 1.85. The smallest absolute Gasteiger partial charge is 0.239 e. The van der Waals surface area contributed by atoms with Crippen molar-refractivity contribution < 1.29 is 4.79 Å². The maximum Gasteiger partial charge on any atom is 0.239 e. The second-order valence-corrected chi connectivity index (χ2v) is 6.94. The monoisotopic (exact) mass is 372 g/mol. The summed E-state index contributed by atoms with van der Waals surface area (Å²) in [6.07, 6.45) is 4.57. The van der Waals surface area contributed by atoms with Gasteiger partial charge in [0.15, 0.2) is 0 Å². The molecule has 1 aromatic heterocycles. The first kappa shape index (κ1) is 16.6. The minimum Gasteiger partial charge on any atom is -0.353 e. The molecule has 0 unspecified atom stereocenters. The lowest BCUT2D eigenvalue weighted by atomic mass is 10.2. The molecule has 2 rings (SSSR count). The van der Waals surface area contributed by atoms with Gasteiger partial charge in [0.25, 0.3) is 0 Å². The summed E-state index contributed by atoms with van der Waals surface area (Å²) in [4.78, 5) is 20.7. The molecule has 1 aliphatic rings. The van der Waals surface area contributed by atoms with Crippen molar-refractivity contribution in [2.75, 3.05) is 43.1 Å². The predicted octanol–water partition coefficient (Wildman–Crippen LogP) is 1.57. The van der Waals surface area contributed by atoms with E-state index in [0.29, 0.717) is 13.1 Å². The molecular weight excluding hydrogens is 352 g/mol. The number of halogens is 1. The van der Waals surface area contributed by atoms with E-state index in [4.69, 9.17) is 5.73 Å². The standard InChI is InChI=1S/C14H21BrN4OS/c1-21-9-4-12(16)14(20)19-7-5-18(6-8-19)13-3-2-11(15)10-17-13/h2-3,10,12H,4-9,16H2,1H3/t12-/m0/s1. The van der Waals surface area contributed by atoms with Crippen LogP contribution in [0.1, 0.15) is 6.42 Å². The molecule has 1 aliphatic heterocycles. The number of carbonyl (C=O) groups excluding carboxylic acids is 1. The van der Waals surface area contributed by atoms with Crippen LogP contribution >= 0.6 is 27.7 Å². The fourth-order valence-electron chi connectivity index (χ4n) is 2.31. The highest BCUT2D eigenvalue weighted by molar-refractivity contribution is 9.10. The Kier molecular flexibility index (Phi) is 6.32. The van der Waals surface area contributed by atoms with Crippen molar-refractivity contribution in [2.24, 2.45) is 5.73 Å². The second-order valence-electron chi connectivity index (χ2n) is 5.03. The molecule has 0 aromatic carbocycles. The Morgan fingerprint density at radius 1 is 1.43 bits per heavy atom. The predicted molar refractivity (Wildman–Crippen MR) is 91.7 cm³/mol. The van der Waals surface area contributed by atoms with Crippen LogP contribution in [0.2, 0.25) is 0 Å². The molecule has 0 bridgehead atoms. The molecule has 1 aromatic rings. The summed E-state index contributed by atoms with van der Waals surface area (Å²) in [6.45, 7) is 3.03. The van der Waals surface area contributed by atoms with Crippen molar-refractivity contribution in [1.82, 2.24) is 9.88 Å². The van der Waals surface area contributed by atoms with Crippen LogP contribution in [0.25, 0.3) is 0 Å². The Labute approximate surface area is 138 Å². The van der Waals surface area contributed by atoms with Crippen LogP contribution in [-0.4, -0.2) is 60.0 Å². The molecule has 7 heteroatoms. The normalized spacial score (nSPS) is 16.9. The zero-order valence-corrected chi connectivity index (χ0v) is 14.6. The Morgan fingerprint density at radius 3 is 2.71 bits per heavy atom. The van der Waals surface area contributed by atoms with Crippen LogP contribution in [-0.2, 0) is 4.79 Å². The summed E-state index contributed by atoms with van der Waals surface area (Å²) in [5.74, 6) is 1.96. The van der Waals surface area contributed by atoms with Gasteiger partial charge in [-0.3, -0.25) is 4.79 Å². The highest BCUT2D eigenvalue weighted by Crippen LogP contribution is 2.17. The number of nitrogens with zero attached hydrogens (tertiary/aromatic N) is 3. The van der Waals surface area contributed by atoms with E-state index < -0.39 is 0 Å². The summed E-state index contributed by atoms with van der Waals surface area (Å²) in [5, 5.41) is 0. The quantitative estimate of drug-likeness (QED) is 0.849. The maximum absolute atomic E-state index is 12.2. The first-order valence-electron chi connectivity index (χ1n) is 7.01. The zero-order chi connectivity index (χ0) is 15.2. The summed E-state index contributed by atoms with van der Waals surface area (Å²) < 4.78 is 0.972. The first-order chi connectivity index (χ1) is 10.1. The number of nitrogens with two attached hydrogens (primary N) is 1. The van der Waals surface area contributed by atoms with Crippen molar-refractivity contribution >= 4 is 39.4 Å². The number of amides is 1. The molecule has 1 fully saturated rings. The topological polar surface area (TPSA) is 62.5 Å². The van der Waals surface area contributed by atoms with Crippen molar-refractivity contribution in [3.05, 3.63) is 22.8 Å². The molecule has 1 saturated heterocycles. The molecular formula is C14H21BrN4OS. The Morgan fingerprint density at radius 2 is 2.14 bits per heavy atom. The van der Waals surface area contributed by atoms with E-state index in [1.54, 1.807) is 18.0 Å². The lowest BCUT2D eigenvalue weighted by Crippen LogP contribution is -2.53. The fourth-order valence-corrected chi connectivity index (χ4v) is 3.04. The van der Waals surface area contributed by atoms with Gasteiger partial charge >= 0.3 is 0 Å². The molecule has 21 heavy (non-hydrogen) atoms. The first-order valence-corrected chi connectivity index (χ1v) is 9.20. The molecule has 2 heterocycles. The third-order valence-corrected chi connectivity index (χ3v) is 4.69. The SMILES string of the molecule is CSCC[C@H](N)C(=O)N1CCN(c2ccc(Br)cn2)CC1. The minimum atomic E-state index is -0.366. The van der Waals surface area contributed by atoms with Crippen molar-refractivity contribution in [1.29, 1.82) is 0 Å². The van der Waals surface area contributed by atoms with Crippen LogP contribution in [0.3, 0.4) is 0 Å². The number of carbonyl (C=O) groups is 1. The third kappa shape index (κ3) is 4.59. The van der Waals surface area contributed by atoms with E-state index in [1.807, 2.05) is 23.3 Å². The molecule has 0 aliphatic carbocycles. The van der Waals surface area contributed by atoms with E-state index >= 15 is 0 Å². The Hall–Kier alpha value is -0.790. The van der Waals surface area contributed by atoms with Crippen LogP contribution in [0, 0.1) is 0 Å². The summed E-state index contributed by atoms with van der Waals surface area (Å²) in [5.41, 5.74) is 5.96. The maximum atomic E-state index is 12.2. The van der Waals surface area contributed by atoms with Crippen molar-refractivity contribution in [3.63, 3.8) is 0 Å². The number of piperazine rings is 1. The third-order valence-electron chi connectivity index (χ3n) is 3.58. The van der Waals surface area contributed by atoms with E-state index in [-0.39, 0.29) is 11.9 Å². The van der Waals surface area contributed by atoms with Gasteiger partial charge in [-0.05, 0) is 46.5 Å². The van der Waals surface area contributed by atoms with Gasteiger partial charge in [-0.15, -0.1) is 0 Å². The molecule has 0 radical (unpaired) electrons. The van der Waals surface area contributed by atoms with Gasteiger partial charge in [-0.1, -0.05) is 0 Å². The van der Waals surface area contributed by atoms with E-state index in [2.05, 4.69) is 25.8 Å². The zero-order valence-electron chi connectivity index (χ0n) is 12.2. The average molecular weight is 373 g/mol. The number of thioether (sulfide) groups is 1. The van der Waals surface area contributed by atoms with Crippen molar-refractivity contribution in [3.8, 4) is 0 Å². The molecule has 2 N–H and O–H groups in total. The second kappa shape index (κ2) is 8.00. The van der Waals surface area contributed by atoms with Crippen LogP contribution in [0.4, 0.5) is 5.82 Å². The number of pyridine rings is 1. The Bertz CT molecular complexity index is 463. The van der Waals surface area contributed by atoms with Crippen LogP contribution in [0.5, 0.6) is 0 Å². The van der Waals surface area contributed by atoms with Gasteiger partial charge in [0.05, 0.1) is 6.04 Å². The largest absolute Gasteiger partial charge is 0.353 e.